The third-order valence-corrected chi connectivity index (χ3v) is 3.40. The van der Waals surface area contributed by atoms with Crippen molar-refractivity contribution < 1.29 is 14.3 Å². The van der Waals surface area contributed by atoms with Crippen molar-refractivity contribution in [2.45, 2.75) is 31.5 Å². The van der Waals surface area contributed by atoms with Crippen LogP contribution >= 0.6 is 0 Å². The Kier molecular flexibility index (Phi) is 3.80. The largest absolute Gasteiger partial charge is 0.490 e. The van der Waals surface area contributed by atoms with Crippen molar-refractivity contribution in [3.05, 3.63) is 29.8 Å². The molecular formula is C15H19NO3. The highest BCUT2D eigenvalue weighted by molar-refractivity contribution is 5.96. The van der Waals surface area contributed by atoms with Gasteiger partial charge < -0.3 is 14.8 Å². The SMILES string of the molecule is O=C(CC1CNCCO1)c1cccc(OC2CC2)c1. The predicted octanol–water partition coefficient (Wildman–Crippen LogP) is 1.79. The number of carbonyl (C=O) groups is 1. The van der Waals surface area contributed by atoms with E-state index in [1.54, 1.807) is 0 Å². The molecule has 3 rings (SSSR count). The summed E-state index contributed by atoms with van der Waals surface area (Å²) >= 11 is 0. The average molecular weight is 261 g/mol. The second kappa shape index (κ2) is 5.72. The molecule has 4 heteroatoms. The van der Waals surface area contributed by atoms with Crippen molar-refractivity contribution in [1.82, 2.24) is 5.32 Å². The molecule has 1 aromatic carbocycles. The van der Waals surface area contributed by atoms with E-state index >= 15 is 0 Å². The molecule has 2 fully saturated rings. The molecule has 2 aliphatic rings. The molecule has 4 nitrogen and oxygen atoms in total. The van der Waals surface area contributed by atoms with E-state index < -0.39 is 0 Å². The van der Waals surface area contributed by atoms with Crippen molar-refractivity contribution in [3.8, 4) is 5.75 Å². The van der Waals surface area contributed by atoms with Gasteiger partial charge in [-0.2, -0.15) is 0 Å². The van der Waals surface area contributed by atoms with Crippen LogP contribution in [-0.2, 0) is 4.74 Å². The Morgan fingerprint density at radius 2 is 2.32 bits per heavy atom. The molecule has 1 atom stereocenters. The van der Waals surface area contributed by atoms with Crippen LogP contribution in [0.15, 0.2) is 24.3 Å². The molecule has 0 bridgehead atoms. The molecule has 0 spiro atoms. The van der Waals surface area contributed by atoms with Crippen molar-refractivity contribution in [2.24, 2.45) is 0 Å². The van der Waals surface area contributed by atoms with E-state index in [0.717, 1.165) is 31.7 Å². The number of nitrogens with one attached hydrogen (secondary N) is 1. The topological polar surface area (TPSA) is 47.6 Å². The lowest BCUT2D eigenvalue weighted by Gasteiger charge is -2.23. The lowest BCUT2D eigenvalue weighted by atomic mass is 10.0. The van der Waals surface area contributed by atoms with Gasteiger partial charge in [-0.15, -0.1) is 0 Å². The Bertz CT molecular complexity index is 450. The number of hydrogen-bond acceptors (Lipinski definition) is 4. The van der Waals surface area contributed by atoms with Crippen molar-refractivity contribution in [2.75, 3.05) is 19.7 Å². The summed E-state index contributed by atoms with van der Waals surface area (Å²) < 4.78 is 11.3. The second-order valence-corrected chi connectivity index (χ2v) is 5.17. The number of Topliss-reactive ketones (excluding diaryl/α,β-unsaturated/α-hetero) is 1. The third-order valence-electron chi connectivity index (χ3n) is 3.40. The first kappa shape index (κ1) is 12.6. The summed E-state index contributed by atoms with van der Waals surface area (Å²) in [7, 11) is 0. The maximum Gasteiger partial charge on any atom is 0.165 e. The summed E-state index contributed by atoms with van der Waals surface area (Å²) in [5, 5.41) is 3.24. The minimum Gasteiger partial charge on any atom is -0.490 e. The van der Waals surface area contributed by atoms with Crippen LogP contribution in [0.5, 0.6) is 5.75 Å². The van der Waals surface area contributed by atoms with Crippen LogP contribution in [0, 0.1) is 0 Å². The van der Waals surface area contributed by atoms with Gasteiger partial charge in [0, 0.05) is 25.1 Å². The molecule has 0 amide bonds. The number of rotatable bonds is 5. The highest BCUT2D eigenvalue weighted by atomic mass is 16.5. The second-order valence-electron chi connectivity index (χ2n) is 5.17. The van der Waals surface area contributed by atoms with Gasteiger partial charge in [-0.3, -0.25) is 4.79 Å². The van der Waals surface area contributed by atoms with Crippen LogP contribution in [0.3, 0.4) is 0 Å². The number of morpholine rings is 1. The number of ketones is 1. The average Bonchev–Trinajstić information content (AvgIpc) is 3.24. The lowest BCUT2D eigenvalue weighted by Crippen LogP contribution is -2.39. The van der Waals surface area contributed by atoms with E-state index in [0.29, 0.717) is 24.7 Å². The molecule has 1 unspecified atom stereocenters. The van der Waals surface area contributed by atoms with Gasteiger partial charge in [0.25, 0.3) is 0 Å². The number of carbonyl (C=O) groups excluding carboxylic acids is 1. The maximum atomic E-state index is 12.2. The van der Waals surface area contributed by atoms with Gasteiger partial charge >= 0.3 is 0 Å². The molecule has 0 aromatic heterocycles. The Morgan fingerprint density at radius 1 is 1.42 bits per heavy atom. The zero-order valence-corrected chi connectivity index (χ0v) is 10.9. The van der Waals surface area contributed by atoms with E-state index in [-0.39, 0.29) is 11.9 Å². The third kappa shape index (κ3) is 3.55. The minimum atomic E-state index is -0.00532. The molecule has 102 valence electrons. The van der Waals surface area contributed by atoms with Crippen molar-refractivity contribution in [1.29, 1.82) is 0 Å². The summed E-state index contributed by atoms with van der Waals surface area (Å²) in [6, 6.07) is 7.48. The van der Waals surface area contributed by atoms with E-state index in [4.69, 9.17) is 9.47 Å². The number of ether oxygens (including phenoxy) is 2. The van der Waals surface area contributed by atoms with E-state index in [1.807, 2.05) is 24.3 Å². The monoisotopic (exact) mass is 261 g/mol. The molecule has 0 radical (unpaired) electrons. The van der Waals surface area contributed by atoms with Gasteiger partial charge in [-0.1, -0.05) is 12.1 Å². The highest BCUT2D eigenvalue weighted by Gasteiger charge is 2.24. The van der Waals surface area contributed by atoms with Crippen LogP contribution in [0.1, 0.15) is 29.6 Å². The Balaban J connectivity index is 1.61. The Morgan fingerprint density at radius 3 is 3.05 bits per heavy atom. The van der Waals surface area contributed by atoms with Crippen LogP contribution in [-0.4, -0.2) is 37.7 Å². The molecule has 1 N–H and O–H groups in total. The maximum absolute atomic E-state index is 12.2. The van der Waals surface area contributed by atoms with Crippen LogP contribution < -0.4 is 10.1 Å². The van der Waals surface area contributed by atoms with Gasteiger partial charge in [0.2, 0.25) is 0 Å². The fraction of sp³-hybridized carbons (Fsp3) is 0.533. The quantitative estimate of drug-likeness (QED) is 0.821. The van der Waals surface area contributed by atoms with E-state index in [1.165, 1.54) is 0 Å². The summed E-state index contributed by atoms with van der Waals surface area (Å²) in [4.78, 5) is 12.2. The van der Waals surface area contributed by atoms with Gasteiger partial charge in [0.1, 0.15) is 5.75 Å². The van der Waals surface area contributed by atoms with Crippen LogP contribution in [0.2, 0.25) is 0 Å². The van der Waals surface area contributed by atoms with Crippen LogP contribution in [0.4, 0.5) is 0 Å². The summed E-state index contributed by atoms with van der Waals surface area (Å²) in [5.74, 6) is 0.922. The normalized spacial score (nSPS) is 23.1. The predicted molar refractivity (Wildman–Crippen MR) is 71.6 cm³/mol. The fourth-order valence-corrected chi connectivity index (χ4v) is 2.20. The molecule has 1 aliphatic heterocycles. The smallest absolute Gasteiger partial charge is 0.165 e. The molecule has 1 aromatic rings. The van der Waals surface area contributed by atoms with E-state index in [9.17, 15) is 4.79 Å². The van der Waals surface area contributed by atoms with Crippen molar-refractivity contribution in [3.63, 3.8) is 0 Å². The van der Waals surface area contributed by atoms with Crippen molar-refractivity contribution >= 4 is 5.78 Å². The zero-order chi connectivity index (χ0) is 13.1. The first-order valence-electron chi connectivity index (χ1n) is 6.93. The number of benzene rings is 1. The first-order chi connectivity index (χ1) is 9.31. The molecule has 1 saturated carbocycles. The highest BCUT2D eigenvalue weighted by Crippen LogP contribution is 2.27. The fourth-order valence-electron chi connectivity index (χ4n) is 2.20. The minimum absolute atomic E-state index is 0.00532. The molecular weight excluding hydrogens is 242 g/mol. The summed E-state index contributed by atoms with van der Waals surface area (Å²) in [5.41, 5.74) is 0.715. The van der Waals surface area contributed by atoms with Gasteiger partial charge in [-0.05, 0) is 25.0 Å². The lowest BCUT2D eigenvalue weighted by molar-refractivity contribution is 0.0240. The zero-order valence-electron chi connectivity index (χ0n) is 10.9. The standard InChI is InChI=1S/C15H19NO3/c17-15(9-14-10-16-6-7-18-14)11-2-1-3-13(8-11)19-12-4-5-12/h1-3,8,12,14,16H,4-7,9-10H2. The Labute approximate surface area is 113 Å². The Hall–Kier alpha value is -1.39. The summed E-state index contributed by atoms with van der Waals surface area (Å²) in [6.07, 6.45) is 3.03. The molecule has 1 saturated heterocycles. The van der Waals surface area contributed by atoms with Gasteiger partial charge in [0.05, 0.1) is 18.8 Å². The first-order valence-corrected chi connectivity index (χ1v) is 6.93. The number of hydrogen-bond donors (Lipinski definition) is 1. The summed E-state index contributed by atoms with van der Waals surface area (Å²) in [6.45, 7) is 2.31. The molecule has 1 heterocycles. The van der Waals surface area contributed by atoms with Gasteiger partial charge in [0.15, 0.2) is 5.78 Å². The van der Waals surface area contributed by atoms with E-state index in [2.05, 4.69) is 5.32 Å². The molecule has 19 heavy (non-hydrogen) atoms. The van der Waals surface area contributed by atoms with Gasteiger partial charge in [-0.25, -0.2) is 0 Å². The molecule has 1 aliphatic carbocycles. The van der Waals surface area contributed by atoms with Crippen LogP contribution in [0.25, 0.3) is 0 Å².